The predicted molar refractivity (Wildman–Crippen MR) is 475 cm³/mol. The second-order valence-corrected chi connectivity index (χ2v) is 35.6. The van der Waals surface area contributed by atoms with Crippen molar-refractivity contribution >= 4 is 155 Å². The van der Waals surface area contributed by atoms with E-state index in [1.54, 1.807) is 0 Å². The van der Waals surface area contributed by atoms with E-state index in [1.807, 2.05) is 0 Å². The molecule has 2 aliphatic heterocycles. The normalized spacial score (nSPS) is 15.9. The molecule has 5 aromatic heterocycles. The quantitative estimate of drug-likeness (QED) is 0.149. The molecule has 0 N–H and O–H groups in total. The molecule has 20 aromatic rings. The van der Waals surface area contributed by atoms with Crippen molar-refractivity contribution in [2.24, 2.45) is 0 Å². The fourth-order valence-corrected chi connectivity index (χ4v) is 21.3. The summed E-state index contributed by atoms with van der Waals surface area (Å²) in [6.45, 7) is 19.3. The van der Waals surface area contributed by atoms with Crippen LogP contribution in [-0.2, 0) is 21.7 Å². The second-order valence-electron chi connectivity index (χ2n) is 35.6. The largest absolute Gasteiger partial charge is 0.456 e. The summed E-state index contributed by atoms with van der Waals surface area (Å²) in [5, 5.41) is 12.4. The van der Waals surface area contributed by atoms with Crippen LogP contribution in [0, 0.1) is 0 Å². The van der Waals surface area contributed by atoms with E-state index in [2.05, 4.69) is 371 Å². The van der Waals surface area contributed by atoms with Crippen molar-refractivity contribution in [3.8, 4) is 55.6 Å². The molecule has 0 bridgehead atoms. The summed E-state index contributed by atoms with van der Waals surface area (Å²) in [6, 6.07) is 115. The zero-order chi connectivity index (χ0) is 74.7. The lowest BCUT2D eigenvalue weighted by molar-refractivity contribution is 0.332. The molecule has 534 valence electrons. The van der Waals surface area contributed by atoms with Gasteiger partial charge in [0, 0.05) is 88.0 Å². The van der Waals surface area contributed by atoms with Crippen molar-refractivity contribution in [2.75, 3.05) is 9.80 Å². The van der Waals surface area contributed by atoms with E-state index in [4.69, 9.17) is 4.42 Å². The van der Waals surface area contributed by atoms with Crippen LogP contribution in [0.3, 0.4) is 0 Å². The molecule has 0 radical (unpaired) electrons. The SMILES string of the molecule is CC1(C)CCC(C)(C)c2cc(-c3ccc(N4c5cc(-c6ccc7c(c6)c6cccc8c9ccccc9n7c86)ccc5B5c6ccc(-c7ccc8c(c7)c7cccc9c%10ccccc%10n8c97)cc6N(c6ccc(-c7ccc8c(c7)C(C)(C)CCC8(C)C)cc6)c6cc(-c7ccc8oc9ccccc9c8c7)cc4c65)cc3)ccc21. The molecule has 15 aromatic carbocycles. The van der Waals surface area contributed by atoms with Gasteiger partial charge in [0.1, 0.15) is 11.2 Å². The van der Waals surface area contributed by atoms with Crippen LogP contribution in [0.25, 0.3) is 154 Å². The Morgan fingerprint density at radius 3 is 1.08 bits per heavy atom. The molecular weight excluding hydrogens is 1360 g/mol. The Hall–Kier alpha value is -12.6. The highest BCUT2D eigenvalue weighted by atomic mass is 16.3. The van der Waals surface area contributed by atoms with Gasteiger partial charge in [0.2, 0.25) is 0 Å². The van der Waals surface area contributed by atoms with Gasteiger partial charge in [-0.1, -0.05) is 250 Å². The number of fused-ring (bicyclic) bond motifs is 21. The van der Waals surface area contributed by atoms with E-state index < -0.39 is 0 Å². The monoisotopic (exact) mass is 1440 g/mol. The van der Waals surface area contributed by atoms with Crippen molar-refractivity contribution in [1.82, 2.24) is 8.80 Å². The lowest BCUT2D eigenvalue weighted by Gasteiger charge is -2.44. The minimum Gasteiger partial charge on any atom is -0.456 e. The number of furan rings is 1. The predicted octanol–water partition coefficient (Wildman–Crippen LogP) is 27.0. The average Bonchev–Trinajstić information content (AvgIpc) is 1.62. The summed E-state index contributed by atoms with van der Waals surface area (Å²) >= 11 is 0. The van der Waals surface area contributed by atoms with E-state index in [-0.39, 0.29) is 28.4 Å². The van der Waals surface area contributed by atoms with Crippen molar-refractivity contribution in [3.63, 3.8) is 0 Å². The molecule has 0 saturated heterocycles. The zero-order valence-corrected chi connectivity index (χ0v) is 64.4. The summed E-state index contributed by atoms with van der Waals surface area (Å²) in [4.78, 5) is 5.25. The summed E-state index contributed by atoms with van der Waals surface area (Å²) in [5.74, 6) is 0. The first-order chi connectivity index (χ1) is 54.5. The van der Waals surface area contributed by atoms with E-state index in [1.165, 1.54) is 172 Å². The van der Waals surface area contributed by atoms with Crippen LogP contribution in [0.4, 0.5) is 34.1 Å². The van der Waals surface area contributed by atoms with Gasteiger partial charge in [0.05, 0.1) is 33.1 Å². The van der Waals surface area contributed by atoms with Gasteiger partial charge in [-0.15, -0.1) is 0 Å². The third-order valence-corrected chi connectivity index (χ3v) is 27.5. The van der Waals surface area contributed by atoms with Crippen LogP contribution < -0.4 is 26.2 Å². The third-order valence-electron chi connectivity index (χ3n) is 27.5. The molecule has 6 heteroatoms. The summed E-state index contributed by atoms with van der Waals surface area (Å²) in [5.41, 5.74) is 38.0. The molecule has 0 unspecified atom stereocenters. The van der Waals surface area contributed by atoms with Gasteiger partial charge in [-0.3, -0.25) is 0 Å². The standard InChI is InChI=1S/C106H81BN4O/c1-103(2)49-51-105(5,6)86-56-67(31-42-84(86)103)62-27-38-72(39-28-62)108-94-58-69(64-35-46-92-81(53-64)79-22-15-20-77-74-17-9-12-24-90(74)110(92)101(77)79)33-44-88(94)107-89-45-34-70(65-36-47-93-82(54-65)80-23-16-21-78-75-18-10-13-25-91(75)111(93)102(78)80)59-95(89)109(73-40-29-63(30-41-73)68-32-43-85-87(57-68)106(7,8)52-50-104(85,3)4)97-61-71(60-96(108)100(97)107)66-37-48-99-83(55-66)76-19-11-14-26-98(76)112-99/h9-48,53-61H,49-52H2,1-8H3. The highest BCUT2D eigenvalue weighted by Gasteiger charge is 2.45. The third kappa shape index (κ3) is 8.98. The molecule has 112 heavy (non-hydrogen) atoms. The van der Waals surface area contributed by atoms with E-state index in [9.17, 15) is 0 Å². The van der Waals surface area contributed by atoms with Gasteiger partial charge < -0.3 is 23.0 Å². The van der Waals surface area contributed by atoms with E-state index >= 15 is 0 Å². The summed E-state index contributed by atoms with van der Waals surface area (Å²) < 4.78 is 11.6. The van der Waals surface area contributed by atoms with Crippen LogP contribution in [0.2, 0.25) is 0 Å². The average molecular weight is 1440 g/mol. The van der Waals surface area contributed by atoms with Crippen LogP contribution in [0.5, 0.6) is 0 Å². The highest BCUT2D eigenvalue weighted by molar-refractivity contribution is 7.00. The number of hydrogen-bond donors (Lipinski definition) is 0. The highest BCUT2D eigenvalue weighted by Crippen LogP contribution is 2.53. The Labute approximate surface area is 652 Å². The van der Waals surface area contributed by atoms with Crippen molar-refractivity contribution in [1.29, 1.82) is 0 Å². The lowest BCUT2D eigenvalue weighted by atomic mass is 9.33. The Morgan fingerprint density at radius 2 is 0.589 bits per heavy atom. The number of para-hydroxylation sites is 5. The van der Waals surface area contributed by atoms with Gasteiger partial charge in [-0.05, 0) is 245 Å². The first-order valence-corrected chi connectivity index (χ1v) is 40.3. The Morgan fingerprint density at radius 1 is 0.250 bits per heavy atom. The van der Waals surface area contributed by atoms with E-state index in [0.717, 1.165) is 80.0 Å². The summed E-state index contributed by atoms with van der Waals surface area (Å²) in [7, 11) is 0. The summed E-state index contributed by atoms with van der Waals surface area (Å²) in [6.07, 6.45) is 4.69. The maximum atomic E-state index is 6.62. The second kappa shape index (κ2) is 22.5. The van der Waals surface area contributed by atoms with E-state index in [0.29, 0.717) is 0 Å². The minimum absolute atomic E-state index is 0.0745. The van der Waals surface area contributed by atoms with Crippen molar-refractivity contribution < 1.29 is 4.42 Å². The van der Waals surface area contributed by atoms with Crippen molar-refractivity contribution in [3.05, 3.63) is 320 Å². The molecule has 0 spiro atoms. The van der Waals surface area contributed by atoms with Crippen LogP contribution in [0.1, 0.15) is 103 Å². The molecule has 5 nitrogen and oxygen atoms in total. The Kier molecular flexibility index (Phi) is 12.9. The number of benzene rings is 15. The minimum atomic E-state index is -0.168. The fourth-order valence-electron chi connectivity index (χ4n) is 21.3. The molecule has 0 atom stereocenters. The number of rotatable bonds is 7. The van der Waals surface area contributed by atoms with Gasteiger partial charge in [-0.25, -0.2) is 0 Å². The zero-order valence-electron chi connectivity index (χ0n) is 64.4. The molecule has 4 aliphatic rings. The first kappa shape index (κ1) is 64.2. The molecule has 0 amide bonds. The molecular formula is C106H81BN4O. The number of nitrogens with zero attached hydrogens (tertiary/aromatic N) is 4. The smallest absolute Gasteiger partial charge is 0.252 e. The van der Waals surface area contributed by atoms with Gasteiger partial charge in [0.25, 0.3) is 6.71 Å². The fraction of sp³-hybridized carbons (Fsp3) is 0.151. The topological polar surface area (TPSA) is 28.4 Å². The van der Waals surface area contributed by atoms with Crippen LogP contribution in [0.15, 0.2) is 302 Å². The number of hydrogen-bond acceptors (Lipinski definition) is 3. The maximum absolute atomic E-state index is 6.62. The lowest BCUT2D eigenvalue weighted by Crippen LogP contribution is -2.61. The molecule has 0 saturated carbocycles. The molecule has 2 aliphatic carbocycles. The number of anilines is 6. The Balaban J connectivity index is 0.754. The number of aromatic nitrogens is 2. The molecule has 24 rings (SSSR count). The molecule has 0 fully saturated rings. The van der Waals surface area contributed by atoms with Gasteiger partial charge >= 0.3 is 0 Å². The van der Waals surface area contributed by atoms with Crippen LogP contribution >= 0.6 is 0 Å². The Bertz CT molecular complexity index is 7080. The van der Waals surface area contributed by atoms with Gasteiger partial charge in [-0.2, -0.15) is 0 Å². The molecule has 7 heterocycles. The van der Waals surface area contributed by atoms with Gasteiger partial charge in [0.15, 0.2) is 0 Å². The van der Waals surface area contributed by atoms with Crippen LogP contribution in [-0.4, -0.2) is 15.5 Å². The van der Waals surface area contributed by atoms with Crippen molar-refractivity contribution in [2.45, 2.75) is 103 Å². The maximum Gasteiger partial charge on any atom is 0.252 e. The first-order valence-electron chi connectivity index (χ1n) is 40.3.